The zero-order valence-corrected chi connectivity index (χ0v) is 14.8. The lowest BCUT2D eigenvalue weighted by atomic mass is 9.94. The molecule has 0 unspecified atom stereocenters. The quantitative estimate of drug-likeness (QED) is 0.652. The number of carbonyl (C=O) groups excluding carboxylic acids is 1. The van der Waals surface area contributed by atoms with Crippen LogP contribution in [0.15, 0.2) is 29.5 Å². The summed E-state index contributed by atoms with van der Waals surface area (Å²) in [6, 6.07) is 5.46. The van der Waals surface area contributed by atoms with Crippen molar-refractivity contribution in [3.8, 4) is 5.75 Å². The zero-order chi connectivity index (χ0) is 17.1. The number of benzene rings is 1. The Bertz CT molecular complexity index is 668. The van der Waals surface area contributed by atoms with Crippen molar-refractivity contribution in [1.82, 2.24) is 10.6 Å². The summed E-state index contributed by atoms with van der Waals surface area (Å²) in [5.74, 6) is 0.410. The van der Waals surface area contributed by atoms with Crippen LogP contribution in [0.25, 0.3) is 0 Å². The molecule has 1 atom stereocenters. The topological polar surface area (TPSA) is 59.6 Å². The fourth-order valence-corrected chi connectivity index (χ4v) is 2.78. The maximum absolute atomic E-state index is 12.5. The highest BCUT2D eigenvalue weighted by Crippen LogP contribution is 2.31. The molecular weight excluding hydrogens is 312 g/mol. The summed E-state index contributed by atoms with van der Waals surface area (Å²) in [5, 5.41) is 6.61. The van der Waals surface area contributed by atoms with Crippen molar-refractivity contribution in [2.75, 3.05) is 7.11 Å². The summed E-state index contributed by atoms with van der Waals surface area (Å²) in [5.41, 5.74) is 3.15. The van der Waals surface area contributed by atoms with Gasteiger partial charge in [0.25, 0.3) is 0 Å². The molecule has 2 rings (SSSR count). The van der Waals surface area contributed by atoms with Gasteiger partial charge in [-0.25, -0.2) is 4.79 Å². The van der Waals surface area contributed by atoms with Crippen LogP contribution in [-0.4, -0.2) is 24.3 Å². The summed E-state index contributed by atoms with van der Waals surface area (Å²) < 4.78 is 10.8. The monoisotopic (exact) mass is 334 g/mol. The van der Waals surface area contributed by atoms with E-state index < -0.39 is 0 Å². The molecule has 23 heavy (non-hydrogen) atoms. The first kappa shape index (κ1) is 17.3. The van der Waals surface area contributed by atoms with Gasteiger partial charge in [0.1, 0.15) is 5.75 Å². The minimum atomic E-state index is -0.371. The van der Waals surface area contributed by atoms with Crippen LogP contribution in [0.1, 0.15) is 37.9 Å². The first-order valence-electron chi connectivity index (χ1n) is 7.47. The second-order valence-electron chi connectivity index (χ2n) is 5.75. The molecule has 1 heterocycles. The average molecular weight is 334 g/mol. The second-order valence-corrected chi connectivity index (χ2v) is 6.16. The largest absolute Gasteiger partial charge is 0.496 e. The number of hydrogen-bond donors (Lipinski definition) is 2. The Labute approximate surface area is 142 Å². The third kappa shape index (κ3) is 3.82. The number of hydrogen-bond acceptors (Lipinski definition) is 4. The van der Waals surface area contributed by atoms with E-state index in [1.54, 1.807) is 7.11 Å². The molecule has 0 aliphatic carbocycles. The van der Waals surface area contributed by atoms with Gasteiger partial charge in [-0.3, -0.25) is 0 Å². The number of esters is 1. The molecule has 6 heteroatoms. The highest BCUT2D eigenvalue weighted by Gasteiger charge is 2.31. The van der Waals surface area contributed by atoms with Gasteiger partial charge in [-0.05, 0) is 57.1 Å². The van der Waals surface area contributed by atoms with Crippen molar-refractivity contribution in [1.29, 1.82) is 0 Å². The second kappa shape index (κ2) is 7.00. The van der Waals surface area contributed by atoms with E-state index in [2.05, 4.69) is 10.6 Å². The minimum absolute atomic E-state index is 0.190. The predicted octanol–water partition coefficient (Wildman–Crippen LogP) is 2.75. The molecular formula is C17H22N2O3S. The summed E-state index contributed by atoms with van der Waals surface area (Å²) in [7, 11) is 1.63. The third-order valence-corrected chi connectivity index (χ3v) is 3.82. The Morgan fingerprint density at radius 1 is 1.30 bits per heavy atom. The van der Waals surface area contributed by atoms with Crippen molar-refractivity contribution >= 4 is 23.3 Å². The first-order valence-corrected chi connectivity index (χ1v) is 7.88. The molecule has 1 aromatic rings. The highest BCUT2D eigenvalue weighted by atomic mass is 32.1. The van der Waals surface area contributed by atoms with Crippen LogP contribution in [0.4, 0.5) is 0 Å². The molecule has 2 N–H and O–H groups in total. The molecule has 0 bridgehead atoms. The number of carbonyl (C=O) groups is 1. The van der Waals surface area contributed by atoms with Crippen molar-refractivity contribution in [3.05, 3.63) is 40.6 Å². The van der Waals surface area contributed by atoms with Crippen molar-refractivity contribution in [2.45, 2.75) is 39.8 Å². The van der Waals surface area contributed by atoms with E-state index in [0.717, 1.165) is 16.9 Å². The highest BCUT2D eigenvalue weighted by molar-refractivity contribution is 7.80. The number of thiocarbonyl (C=S) groups is 1. The Morgan fingerprint density at radius 3 is 2.61 bits per heavy atom. The van der Waals surface area contributed by atoms with Crippen molar-refractivity contribution in [2.24, 2.45) is 0 Å². The smallest absolute Gasteiger partial charge is 0.338 e. The molecule has 0 fully saturated rings. The van der Waals surface area contributed by atoms with E-state index in [4.69, 9.17) is 21.7 Å². The molecule has 1 aliphatic heterocycles. The standard InChI is InChI=1S/C17H22N2O3S/c1-9(2)22-16(20)14-11(4)18-17(23)19-15(14)12-7-6-10(3)13(8-12)21-5/h6-9,15H,1-5H3,(H2,18,19,23)/t15-/m1/s1. The molecule has 1 aromatic carbocycles. The fraction of sp³-hybridized carbons (Fsp3) is 0.412. The van der Waals surface area contributed by atoms with Crippen LogP contribution in [0.3, 0.4) is 0 Å². The molecule has 0 saturated heterocycles. The van der Waals surface area contributed by atoms with Crippen molar-refractivity contribution in [3.63, 3.8) is 0 Å². The first-order chi connectivity index (χ1) is 10.8. The Morgan fingerprint density at radius 2 is 2.00 bits per heavy atom. The van der Waals surface area contributed by atoms with Gasteiger partial charge in [0.15, 0.2) is 5.11 Å². The van der Waals surface area contributed by atoms with Crippen LogP contribution in [0, 0.1) is 6.92 Å². The normalized spacial score (nSPS) is 17.7. The molecule has 0 radical (unpaired) electrons. The van der Waals surface area contributed by atoms with E-state index in [1.165, 1.54) is 0 Å². The van der Waals surface area contributed by atoms with E-state index >= 15 is 0 Å². The third-order valence-electron chi connectivity index (χ3n) is 3.60. The molecule has 5 nitrogen and oxygen atoms in total. The maximum Gasteiger partial charge on any atom is 0.338 e. The summed E-state index contributed by atoms with van der Waals surface area (Å²) >= 11 is 5.23. The maximum atomic E-state index is 12.5. The lowest BCUT2D eigenvalue weighted by Crippen LogP contribution is -2.45. The zero-order valence-electron chi connectivity index (χ0n) is 14.0. The number of nitrogens with one attached hydrogen (secondary N) is 2. The Kier molecular flexibility index (Phi) is 5.26. The summed E-state index contributed by atoms with van der Waals surface area (Å²) in [6.07, 6.45) is -0.190. The number of ether oxygens (including phenoxy) is 2. The van der Waals surface area contributed by atoms with Gasteiger partial charge in [0, 0.05) is 5.70 Å². The minimum Gasteiger partial charge on any atom is -0.496 e. The molecule has 0 amide bonds. The van der Waals surface area contributed by atoms with Crippen LogP contribution in [0.2, 0.25) is 0 Å². The summed E-state index contributed by atoms with van der Waals surface area (Å²) in [6.45, 7) is 7.44. The fourth-order valence-electron chi connectivity index (χ4n) is 2.51. The van der Waals surface area contributed by atoms with Gasteiger partial charge < -0.3 is 20.1 Å². The molecule has 0 aromatic heterocycles. The molecule has 124 valence electrons. The van der Waals surface area contributed by atoms with Crippen LogP contribution in [-0.2, 0) is 9.53 Å². The SMILES string of the molecule is COc1cc([C@H]2NC(=S)NC(C)=C2C(=O)OC(C)C)ccc1C. The molecule has 0 spiro atoms. The number of methoxy groups -OCH3 is 1. The number of aryl methyl sites for hydroxylation is 1. The van der Waals surface area contributed by atoms with Crippen LogP contribution >= 0.6 is 12.2 Å². The van der Waals surface area contributed by atoms with Crippen LogP contribution in [0.5, 0.6) is 5.75 Å². The Balaban J connectivity index is 2.46. The number of allylic oxidation sites excluding steroid dienone is 1. The average Bonchev–Trinajstić information content (AvgIpc) is 2.45. The van der Waals surface area contributed by atoms with Gasteiger partial charge in [0.05, 0.1) is 24.8 Å². The molecule has 1 aliphatic rings. The van der Waals surface area contributed by atoms with E-state index in [1.807, 2.05) is 45.9 Å². The predicted molar refractivity (Wildman–Crippen MR) is 93.3 cm³/mol. The molecule has 0 saturated carbocycles. The Hall–Kier alpha value is -2.08. The van der Waals surface area contributed by atoms with Crippen LogP contribution < -0.4 is 15.4 Å². The van der Waals surface area contributed by atoms with Gasteiger partial charge in [-0.2, -0.15) is 0 Å². The van der Waals surface area contributed by atoms with E-state index in [-0.39, 0.29) is 18.1 Å². The number of rotatable bonds is 4. The van der Waals surface area contributed by atoms with Gasteiger partial charge >= 0.3 is 5.97 Å². The van der Waals surface area contributed by atoms with Gasteiger partial charge in [0.2, 0.25) is 0 Å². The summed E-state index contributed by atoms with van der Waals surface area (Å²) in [4.78, 5) is 12.5. The van der Waals surface area contributed by atoms with Crippen molar-refractivity contribution < 1.29 is 14.3 Å². The lowest BCUT2D eigenvalue weighted by Gasteiger charge is -2.30. The van der Waals surface area contributed by atoms with E-state index in [9.17, 15) is 4.79 Å². The van der Waals surface area contributed by atoms with Gasteiger partial charge in [-0.1, -0.05) is 12.1 Å². The van der Waals surface area contributed by atoms with E-state index in [0.29, 0.717) is 16.4 Å². The lowest BCUT2D eigenvalue weighted by molar-refractivity contribution is -0.143. The van der Waals surface area contributed by atoms with Gasteiger partial charge in [-0.15, -0.1) is 0 Å².